The van der Waals surface area contributed by atoms with Gasteiger partial charge in [-0.25, -0.2) is 0 Å². The Hall–Kier alpha value is -1.73. The Morgan fingerprint density at radius 3 is 2.25 bits per heavy atom. The lowest BCUT2D eigenvalue weighted by Crippen LogP contribution is -2.04. The van der Waals surface area contributed by atoms with E-state index in [0.29, 0.717) is 10.4 Å². The van der Waals surface area contributed by atoms with E-state index in [4.69, 9.17) is 0 Å². The van der Waals surface area contributed by atoms with Crippen molar-refractivity contribution in [1.29, 1.82) is 0 Å². The maximum atomic E-state index is 12.4. The first-order valence-corrected chi connectivity index (χ1v) is 7.21. The summed E-state index contributed by atoms with van der Waals surface area (Å²) < 4.78 is 40.7. The van der Waals surface area contributed by atoms with Crippen LogP contribution in [0.15, 0.2) is 53.4 Å². The molecule has 7 heteroatoms. The quantitative estimate of drug-likeness (QED) is 0.633. The van der Waals surface area contributed by atoms with Crippen molar-refractivity contribution < 1.29 is 13.2 Å². The molecule has 0 radical (unpaired) electrons. The van der Waals surface area contributed by atoms with Gasteiger partial charge in [-0.05, 0) is 40.0 Å². The largest absolute Gasteiger partial charge is 0.416 e. The Balaban J connectivity index is 0.000000247. The van der Waals surface area contributed by atoms with Crippen LogP contribution in [0.5, 0.6) is 0 Å². The zero-order valence-electron chi connectivity index (χ0n) is 10.0. The van der Waals surface area contributed by atoms with E-state index in [1.165, 1.54) is 12.3 Å². The Morgan fingerprint density at radius 1 is 1.00 bits per heavy atom. The van der Waals surface area contributed by atoms with Gasteiger partial charge >= 0.3 is 6.18 Å². The molecule has 0 atom stereocenters. The number of halogens is 3. The van der Waals surface area contributed by atoms with Crippen LogP contribution in [0.25, 0.3) is 10.4 Å². The lowest BCUT2D eigenvalue weighted by Gasteiger charge is -2.06. The van der Waals surface area contributed by atoms with Crippen LogP contribution >= 0.6 is 22.9 Å². The fraction of sp³-hybridized carbons (Fsp3) is 0.0769. The van der Waals surface area contributed by atoms with E-state index in [0.717, 1.165) is 23.7 Å². The number of alkyl halides is 3. The minimum absolute atomic E-state index is 0.486. The molecule has 0 amide bonds. The summed E-state index contributed by atoms with van der Waals surface area (Å²) in [4.78, 5) is 0.626. The fourth-order valence-electron chi connectivity index (χ4n) is 1.37. The van der Waals surface area contributed by atoms with Gasteiger partial charge < -0.3 is 0 Å². The molecule has 1 aromatic carbocycles. The minimum atomic E-state index is -4.31. The van der Waals surface area contributed by atoms with E-state index < -0.39 is 11.7 Å². The monoisotopic (exact) mass is 314 g/mol. The van der Waals surface area contributed by atoms with Crippen LogP contribution in [-0.2, 0) is 6.18 Å². The van der Waals surface area contributed by atoms with Gasteiger partial charge in [-0.15, -0.1) is 5.10 Å². The van der Waals surface area contributed by atoms with Gasteiger partial charge in [0.2, 0.25) is 0 Å². The predicted octanol–water partition coefficient (Wildman–Crippen LogP) is 4.97. The molecule has 0 bridgehead atoms. The van der Waals surface area contributed by atoms with Crippen LogP contribution in [0.2, 0.25) is 0 Å². The van der Waals surface area contributed by atoms with Crippen LogP contribution in [0.1, 0.15) is 5.56 Å². The summed E-state index contributed by atoms with van der Waals surface area (Å²) in [7, 11) is 0. The van der Waals surface area contributed by atoms with E-state index in [2.05, 4.69) is 9.59 Å². The summed E-state index contributed by atoms with van der Waals surface area (Å²) >= 11 is 2.78. The zero-order valence-corrected chi connectivity index (χ0v) is 11.7. The summed E-state index contributed by atoms with van der Waals surface area (Å²) in [5, 5.41) is 7.66. The Bertz CT molecular complexity index is 602. The van der Waals surface area contributed by atoms with Crippen LogP contribution in [0.3, 0.4) is 0 Å². The van der Waals surface area contributed by atoms with Crippen molar-refractivity contribution in [2.75, 3.05) is 0 Å². The van der Waals surface area contributed by atoms with Crippen LogP contribution in [-0.4, -0.2) is 9.59 Å². The number of nitrogens with zero attached hydrogens (tertiary/aromatic N) is 2. The minimum Gasteiger partial charge on any atom is -0.166 e. The molecule has 3 aromatic rings. The fourth-order valence-corrected chi connectivity index (χ4v) is 2.33. The Labute approximate surface area is 121 Å². The Morgan fingerprint density at radius 2 is 1.75 bits per heavy atom. The van der Waals surface area contributed by atoms with Gasteiger partial charge in [0, 0.05) is 0 Å². The number of benzene rings is 1. The molecular formula is C13H9F3N2S2. The first-order chi connectivity index (χ1) is 9.57. The first kappa shape index (κ1) is 14.7. The van der Waals surface area contributed by atoms with Gasteiger partial charge in [-0.3, -0.25) is 0 Å². The maximum absolute atomic E-state index is 12.4. The van der Waals surface area contributed by atoms with Crippen molar-refractivity contribution in [3.05, 3.63) is 58.9 Å². The molecule has 0 unspecified atom stereocenters. The molecular weight excluding hydrogens is 305 g/mol. The highest BCUT2D eigenvalue weighted by molar-refractivity contribution is 7.09. The third-order valence-corrected chi connectivity index (χ3v) is 3.60. The van der Waals surface area contributed by atoms with Gasteiger partial charge in [0.1, 0.15) is 0 Å². The average molecular weight is 314 g/mol. The van der Waals surface area contributed by atoms with E-state index in [9.17, 15) is 13.2 Å². The highest BCUT2D eigenvalue weighted by atomic mass is 32.1. The molecule has 2 nitrogen and oxygen atoms in total. The third-order valence-electron chi connectivity index (χ3n) is 2.26. The second-order valence-electron chi connectivity index (χ2n) is 3.65. The van der Waals surface area contributed by atoms with Gasteiger partial charge in [-0.1, -0.05) is 28.8 Å². The van der Waals surface area contributed by atoms with Crippen molar-refractivity contribution in [3.63, 3.8) is 0 Å². The molecule has 0 aliphatic rings. The summed E-state index contributed by atoms with van der Waals surface area (Å²) in [5.41, 5.74) is -0.173. The molecule has 0 saturated heterocycles. The normalized spacial score (nSPS) is 10.8. The molecule has 0 N–H and O–H groups in total. The molecule has 2 heterocycles. The first-order valence-electron chi connectivity index (χ1n) is 5.49. The number of hydrogen-bond acceptors (Lipinski definition) is 4. The predicted molar refractivity (Wildman–Crippen MR) is 74.7 cm³/mol. The van der Waals surface area contributed by atoms with Gasteiger partial charge in [0.05, 0.1) is 16.6 Å². The molecule has 0 aliphatic heterocycles. The number of hydrogen-bond donors (Lipinski definition) is 0. The van der Waals surface area contributed by atoms with Gasteiger partial charge in [-0.2, -0.15) is 24.5 Å². The van der Waals surface area contributed by atoms with E-state index in [1.54, 1.807) is 17.4 Å². The van der Waals surface area contributed by atoms with Crippen molar-refractivity contribution in [3.8, 4) is 10.4 Å². The molecule has 0 fully saturated rings. The molecule has 3 rings (SSSR count). The molecule has 0 aliphatic carbocycles. The molecule has 2 aromatic heterocycles. The summed E-state index contributed by atoms with van der Waals surface area (Å²) in [6.45, 7) is 0. The number of aromatic nitrogens is 2. The van der Waals surface area contributed by atoms with Crippen molar-refractivity contribution in [2.24, 2.45) is 0 Å². The standard InChI is InChI=1S/C9H5F3N2S.C4H4S/c10-9(11,12)7-3-1-2-6(4-7)8-5-13-14-15-8;1-2-4-5-3-1/h1-5H;1-4H. The third kappa shape index (κ3) is 4.14. The van der Waals surface area contributed by atoms with Crippen molar-refractivity contribution in [1.82, 2.24) is 9.59 Å². The second-order valence-corrected chi connectivity index (χ2v) is 5.26. The Kier molecular flexibility index (Phi) is 4.86. The van der Waals surface area contributed by atoms with Crippen LogP contribution in [0, 0.1) is 0 Å². The topological polar surface area (TPSA) is 25.8 Å². The summed E-state index contributed by atoms with van der Waals surface area (Å²) in [6, 6.07) is 9.14. The van der Waals surface area contributed by atoms with Crippen LogP contribution in [0.4, 0.5) is 13.2 Å². The molecule has 104 valence electrons. The van der Waals surface area contributed by atoms with Crippen molar-refractivity contribution in [2.45, 2.75) is 6.18 Å². The van der Waals surface area contributed by atoms with Gasteiger partial charge in [0.25, 0.3) is 0 Å². The number of thiophene rings is 1. The smallest absolute Gasteiger partial charge is 0.166 e. The average Bonchev–Trinajstić information content (AvgIpc) is 3.14. The van der Waals surface area contributed by atoms with Crippen molar-refractivity contribution >= 4 is 22.9 Å². The highest BCUT2D eigenvalue weighted by Crippen LogP contribution is 2.32. The molecule has 0 spiro atoms. The lowest BCUT2D eigenvalue weighted by molar-refractivity contribution is -0.137. The van der Waals surface area contributed by atoms with Gasteiger partial charge in [0.15, 0.2) is 0 Å². The second kappa shape index (κ2) is 6.62. The maximum Gasteiger partial charge on any atom is 0.416 e. The summed E-state index contributed by atoms with van der Waals surface area (Å²) in [6.07, 6.45) is -2.87. The van der Waals surface area contributed by atoms with E-state index >= 15 is 0 Å². The summed E-state index contributed by atoms with van der Waals surface area (Å²) in [5.74, 6) is 0. The van der Waals surface area contributed by atoms with E-state index in [-0.39, 0.29) is 0 Å². The lowest BCUT2D eigenvalue weighted by atomic mass is 10.1. The van der Waals surface area contributed by atoms with Crippen LogP contribution < -0.4 is 0 Å². The number of rotatable bonds is 1. The highest BCUT2D eigenvalue weighted by Gasteiger charge is 2.30. The zero-order chi connectivity index (χ0) is 14.4. The molecule has 0 saturated carbocycles. The van der Waals surface area contributed by atoms with E-state index in [1.807, 2.05) is 22.9 Å². The SMILES string of the molecule is FC(F)(F)c1cccc(-c2cnns2)c1.c1ccsc1. The molecule has 20 heavy (non-hydrogen) atoms.